The Balaban J connectivity index is 2.12. The van der Waals surface area contributed by atoms with E-state index in [1.807, 2.05) is 4.68 Å². The Hall–Kier alpha value is -0.510. The second-order valence-corrected chi connectivity index (χ2v) is 5.09. The van der Waals surface area contributed by atoms with Gasteiger partial charge in [-0.3, -0.25) is 0 Å². The molecule has 0 unspecified atom stereocenters. The highest BCUT2D eigenvalue weighted by Gasteiger charge is 2.22. The summed E-state index contributed by atoms with van der Waals surface area (Å²) in [6, 6.07) is 0.512. The molecule has 0 aromatic carbocycles. The van der Waals surface area contributed by atoms with E-state index in [4.69, 9.17) is 5.73 Å². The van der Waals surface area contributed by atoms with Crippen LogP contribution < -0.4 is 5.73 Å². The fourth-order valence-corrected chi connectivity index (χ4v) is 2.40. The number of aromatic nitrogens is 2. The average Bonchev–Trinajstić information content (AvgIpc) is 2.50. The summed E-state index contributed by atoms with van der Waals surface area (Å²) in [6.45, 7) is 2.32. The van der Waals surface area contributed by atoms with Crippen LogP contribution in [-0.2, 0) is 0 Å². The summed E-state index contributed by atoms with van der Waals surface area (Å²) in [7, 11) is 0. The minimum Gasteiger partial charge on any atom is -0.383 e. The van der Waals surface area contributed by atoms with Crippen molar-refractivity contribution < 1.29 is 0 Å². The molecule has 1 aromatic heterocycles. The lowest BCUT2D eigenvalue weighted by Gasteiger charge is -2.26. The van der Waals surface area contributed by atoms with Crippen LogP contribution in [0.1, 0.15) is 38.6 Å². The summed E-state index contributed by atoms with van der Waals surface area (Å²) in [4.78, 5) is 0. The Morgan fingerprint density at radius 1 is 1.43 bits per heavy atom. The van der Waals surface area contributed by atoms with Crippen LogP contribution in [0.3, 0.4) is 0 Å². The summed E-state index contributed by atoms with van der Waals surface area (Å²) < 4.78 is 2.88. The third kappa shape index (κ3) is 1.80. The normalized spacial score (nSPS) is 27.9. The molecule has 0 bridgehead atoms. The second kappa shape index (κ2) is 3.93. The number of hydrogen-bond donors (Lipinski definition) is 1. The first-order chi connectivity index (χ1) is 6.68. The van der Waals surface area contributed by atoms with Gasteiger partial charge in [0.05, 0.1) is 16.7 Å². The fraction of sp³-hybridized carbons (Fsp3) is 0.700. The molecule has 14 heavy (non-hydrogen) atoms. The van der Waals surface area contributed by atoms with E-state index >= 15 is 0 Å². The molecule has 0 saturated heterocycles. The molecule has 1 saturated carbocycles. The van der Waals surface area contributed by atoms with Crippen molar-refractivity contribution >= 4 is 21.7 Å². The zero-order valence-electron chi connectivity index (χ0n) is 8.41. The molecule has 1 aliphatic rings. The van der Waals surface area contributed by atoms with Gasteiger partial charge in [0.25, 0.3) is 0 Å². The Bertz CT molecular complexity index is 313. The predicted octanol–water partition coefficient (Wildman–Crippen LogP) is 2.98. The second-order valence-electron chi connectivity index (χ2n) is 4.24. The van der Waals surface area contributed by atoms with Crippen LogP contribution in [0.25, 0.3) is 0 Å². The lowest BCUT2D eigenvalue weighted by atomic mass is 9.87. The zero-order chi connectivity index (χ0) is 10.1. The fourth-order valence-electron chi connectivity index (χ4n) is 2.13. The van der Waals surface area contributed by atoms with E-state index in [1.54, 1.807) is 6.20 Å². The zero-order valence-corrected chi connectivity index (χ0v) is 10.00. The summed E-state index contributed by atoms with van der Waals surface area (Å²) >= 11 is 3.39. The summed E-state index contributed by atoms with van der Waals surface area (Å²) in [5, 5.41) is 4.31. The number of halogens is 1. The van der Waals surface area contributed by atoms with Gasteiger partial charge in [0.15, 0.2) is 0 Å². The van der Waals surface area contributed by atoms with Crippen LogP contribution in [0.15, 0.2) is 10.7 Å². The highest BCUT2D eigenvalue weighted by atomic mass is 79.9. The van der Waals surface area contributed by atoms with E-state index in [9.17, 15) is 0 Å². The van der Waals surface area contributed by atoms with E-state index in [0.29, 0.717) is 6.04 Å². The molecule has 0 atom stereocenters. The van der Waals surface area contributed by atoms with E-state index in [1.165, 1.54) is 25.7 Å². The minimum atomic E-state index is 0.512. The van der Waals surface area contributed by atoms with Crippen molar-refractivity contribution in [3.05, 3.63) is 10.7 Å². The number of nitrogens with zero attached hydrogens (tertiary/aromatic N) is 2. The number of nitrogens with two attached hydrogens (primary N) is 1. The van der Waals surface area contributed by atoms with E-state index in [-0.39, 0.29) is 0 Å². The van der Waals surface area contributed by atoms with Crippen molar-refractivity contribution in [2.24, 2.45) is 5.92 Å². The number of anilines is 1. The maximum atomic E-state index is 5.92. The van der Waals surface area contributed by atoms with Crippen LogP contribution in [0.2, 0.25) is 0 Å². The quantitative estimate of drug-likeness (QED) is 0.841. The minimum absolute atomic E-state index is 0.512. The van der Waals surface area contributed by atoms with Gasteiger partial charge in [0.2, 0.25) is 0 Å². The molecule has 2 rings (SSSR count). The van der Waals surface area contributed by atoms with E-state index in [0.717, 1.165) is 16.2 Å². The van der Waals surface area contributed by atoms with Gasteiger partial charge in [-0.2, -0.15) is 5.10 Å². The molecule has 4 heteroatoms. The van der Waals surface area contributed by atoms with Gasteiger partial charge in [0.1, 0.15) is 5.82 Å². The monoisotopic (exact) mass is 257 g/mol. The van der Waals surface area contributed by atoms with Crippen molar-refractivity contribution in [2.75, 3.05) is 5.73 Å². The third-order valence-corrected chi connectivity index (χ3v) is 3.73. The standard InChI is InChI=1S/C10H16BrN3/c1-7-2-4-8(5-3-7)14-10(12)9(11)6-13-14/h6-8H,2-5,12H2,1H3. The Kier molecular flexibility index (Phi) is 2.81. The van der Waals surface area contributed by atoms with Crippen molar-refractivity contribution in [2.45, 2.75) is 38.6 Å². The maximum Gasteiger partial charge on any atom is 0.136 e. The van der Waals surface area contributed by atoms with Gasteiger partial charge >= 0.3 is 0 Å². The Labute approximate surface area is 92.8 Å². The highest BCUT2D eigenvalue weighted by molar-refractivity contribution is 9.10. The van der Waals surface area contributed by atoms with Gasteiger partial charge in [-0.15, -0.1) is 0 Å². The first kappa shape index (κ1) is 10.0. The topological polar surface area (TPSA) is 43.8 Å². The first-order valence-corrected chi connectivity index (χ1v) is 5.96. The molecule has 2 N–H and O–H groups in total. The van der Waals surface area contributed by atoms with Crippen LogP contribution in [0.4, 0.5) is 5.82 Å². The van der Waals surface area contributed by atoms with Gasteiger partial charge in [0, 0.05) is 0 Å². The largest absolute Gasteiger partial charge is 0.383 e. The molecule has 0 amide bonds. The van der Waals surface area contributed by atoms with E-state index in [2.05, 4.69) is 28.0 Å². The van der Waals surface area contributed by atoms with Crippen molar-refractivity contribution in [3.8, 4) is 0 Å². The van der Waals surface area contributed by atoms with Crippen LogP contribution in [0.5, 0.6) is 0 Å². The van der Waals surface area contributed by atoms with Gasteiger partial charge < -0.3 is 5.73 Å². The molecule has 0 radical (unpaired) electrons. The van der Waals surface area contributed by atoms with Gasteiger partial charge in [-0.25, -0.2) is 4.68 Å². The predicted molar refractivity (Wildman–Crippen MR) is 61.0 cm³/mol. The molecular weight excluding hydrogens is 242 g/mol. The van der Waals surface area contributed by atoms with Crippen molar-refractivity contribution in [3.63, 3.8) is 0 Å². The molecule has 1 heterocycles. The third-order valence-electron chi connectivity index (χ3n) is 3.12. The molecule has 3 nitrogen and oxygen atoms in total. The molecular formula is C10H16BrN3. The highest BCUT2D eigenvalue weighted by Crippen LogP contribution is 2.34. The maximum absolute atomic E-state index is 5.92. The first-order valence-electron chi connectivity index (χ1n) is 5.17. The molecule has 78 valence electrons. The SMILES string of the molecule is CC1CCC(n2ncc(Br)c2N)CC1. The number of rotatable bonds is 1. The average molecular weight is 258 g/mol. The molecule has 1 aliphatic carbocycles. The van der Waals surface area contributed by atoms with Crippen molar-refractivity contribution in [1.82, 2.24) is 9.78 Å². The lowest BCUT2D eigenvalue weighted by Crippen LogP contribution is -2.19. The number of nitrogen functional groups attached to an aromatic ring is 1. The summed E-state index contributed by atoms with van der Waals surface area (Å²) in [6.07, 6.45) is 6.79. The van der Waals surface area contributed by atoms with Gasteiger partial charge in [-0.05, 0) is 47.5 Å². The van der Waals surface area contributed by atoms with E-state index < -0.39 is 0 Å². The van der Waals surface area contributed by atoms with Crippen LogP contribution >= 0.6 is 15.9 Å². The van der Waals surface area contributed by atoms with Crippen LogP contribution in [0, 0.1) is 5.92 Å². The number of hydrogen-bond acceptors (Lipinski definition) is 2. The molecule has 1 fully saturated rings. The van der Waals surface area contributed by atoms with Gasteiger partial charge in [-0.1, -0.05) is 6.92 Å². The smallest absolute Gasteiger partial charge is 0.136 e. The van der Waals surface area contributed by atoms with Crippen LogP contribution in [-0.4, -0.2) is 9.78 Å². The Morgan fingerprint density at radius 3 is 2.57 bits per heavy atom. The Morgan fingerprint density at radius 2 is 2.07 bits per heavy atom. The molecule has 0 aliphatic heterocycles. The molecule has 1 aromatic rings. The lowest BCUT2D eigenvalue weighted by molar-refractivity contribution is 0.276. The van der Waals surface area contributed by atoms with Crippen molar-refractivity contribution in [1.29, 1.82) is 0 Å². The summed E-state index contributed by atoms with van der Waals surface area (Å²) in [5.74, 6) is 1.64. The molecule has 0 spiro atoms. The summed E-state index contributed by atoms with van der Waals surface area (Å²) in [5.41, 5.74) is 5.92.